The van der Waals surface area contributed by atoms with E-state index in [0.717, 1.165) is 31.9 Å². The van der Waals surface area contributed by atoms with E-state index in [9.17, 15) is 14.4 Å². The highest BCUT2D eigenvalue weighted by Gasteiger charge is 2.48. The van der Waals surface area contributed by atoms with E-state index in [4.69, 9.17) is 4.98 Å². The summed E-state index contributed by atoms with van der Waals surface area (Å²) in [5.74, 6) is -1.53. The van der Waals surface area contributed by atoms with Gasteiger partial charge >= 0.3 is 0 Å². The van der Waals surface area contributed by atoms with Crippen molar-refractivity contribution in [3.05, 3.63) is 65.7 Å². The number of hydrogen-bond donors (Lipinski definition) is 0. The van der Waals surface area contributed by atoms with Crippen molar-refractivity contribution in [2.75, 3.05) is 11.4 Å². The number of benzene rings is 2. The Hall–Kier alpha value is -3.32. The zero-order valence-electron chi connectivity index (χ0n) is 17.9. The van der Waals surface area contributed by atoms with Crippen molar-refractivity contribution in [1.29, 1.82) is 0 Å². The molecule has 5 rings (SSSR count). The molecule has 1 saturated heterocycles. The molecule has 162 valence electrons. The Labute approximate surface area is 190 Å². The van der Waals surface area contributed by atoms with E-state index < -0.39 is 0 Å². The Balaban J connectivity index is 1.54. The molecular formula is C25H23N3O3S. The molecule has 2 heterocycles. The van der Waals surface area contributed by atoms with Crippen LogP contribution in [0.3, 0.4) is 0 Å². The van der Waals surface area contributed by atoms with Crippen LogP contribution in [0.2, 0.25) is 0 Å². The predicted octanol–water partition coefficient (Wildman–Crippen LogP) is 4.53. The average Bonchev–Trinajstić information content (AvgIpc) is 3.31. The van der Waals surface area contributed by atoms with E-state index >= 15 is 0 Å². The largest absolute Gasteiger partial charge is 0.274 e. The van der Waals surface area contributed by atoms with Crippen LogP contribution in [0.25, 0.3) is 10.2 Å². The Kier molecular flexibility index (Phi) is 5.13. The molecule has 0 spiro atoms. The van der Waals surface area contributed by atoms with E-state index in [0.29, 0.717) is 18.0 Å². The van der Waals surface area contributed by atoms with Crippen LogP contribution in [0.15, 0.2) is 54.6 Å². The zero-order chi connectivity index (χ0) is 22.4. The summed E-state index contributed by atoms with van der Waals surface area (Å²) in [4.78, 5) is 47.0. The number of para-hydroxylation sites is 2. The topological polar surface area (TPSA) is 70.6 Å². The van der Waals surface area contributed by atoms with Crippen molar-refractivity contribution in [3.63, 3.8) is 0 Å². The van der Waals surface area contributed by atoms with Crippen molar-refractivity contribution >= 4 is 50.1 Å². The van der Waals surface area contributed by atoms with Gasteiger partial charge in [-0.25, -0.2) is 4.98 Å². The van der Waals surface area contributed by atoms with E-state index in [1.165, 1.54) is 11.3 Å². The number of amides is 3. The molecule has 1 aliphatic carbocycles. The molecule has 0 saturated carbocycles. The second-order valence-electron chi connectivity index (χ2n) is 8.35. The highest BCUT2D eigenvalue weighted by Crippen LogP contribution is 2.38. The number of nitrogens with zero attached hydrogens (tertiary/aromatic N) is 3. The fraction of sp³-hybridized carbons (Fsp3) is 0.280. The summed E-state index contributed by atoms with van der Waals surface area (Å²) < 4.78 is 0.969. The lowest BCUT2D eigenvalue weighted by atomic mass is 9.85. The number of rotatable bonds is 4. The number of hydrogen-bond acceptors (Lipinski definition) is 5. The smallest absolute Gasteiger partial charge is 0.253 e. The Morgan fingerprint density at radius 1 is 1.00 bits per heavy atom. The van der Waals surface area contributed by atoms with Gasteiger partial charge in [0.05, 0.1) is 27.7 Å². The first-order valence-corrected chi connectivity index (χ1v) is 11.5. The fourth-order valence-electron chi connectivity index (χ4n) is 4.67. The van der Waals surface area contributed by atoms with Gasteiger partial charge in [0.2, 0.25) is 11.8 Å². The molecule has 3 aromatic rings. The van der Waals surface area contributed by atoms with Crippen LogP contribution < -0.4 is 4.90 Å². The van der Waals surface area contributed by atoms with Crippen molar-refractivity contribution in [1.82, 2.24) is 9.88 Å². The molecule has 1 aliphatic heterocycles. The second-order valence-corrected chi connectivity index (χ2v) is 9.36. The number of carbonyl (C=O) groups excluding carboxylic acids is 3. The number of imide groups is 1. The monoisotopic (exact) mass is 445 g/mol. The number of likely N-dealkylation sites (tertiary alicyclic amines) is 1. The van der Waals surface area contributed by atoms with Crippen LogP contribution in [0.1, 0.15) is 24.0 Å². The molecule has 1 fully saturated rings. The molecule has 32 heavy (non-hydrogen) atoms. The Bertz CT molecular complexity index is 1200. The van der Waals surface area contributed by atoms with Gasteiger partial charge < -0.3 is 0 Å². The molecule has 2 atom stereocenters. The first-order valence-electron chi connectivity index (χ1n) is 10.7. The molecule has 2 aliphatic rings. The average molecular weight is 446 g/mol. The van der Waals surface area contributed by atoms with Crippen molar-refractivity contribution in [2.24, 2.45) is 11.8 Å². The number of allylic oxidation sites excluding steroid dienone is 2. The normalized spacial score (nSPS) is 20.1. The number of thiazole rings is 1. The number of anilines is 2. The van der Waals surface area contributed by atoms with Gasteiger partial charge in [-0.15, -0.1) is 0 Å². The standard InChI is InChI=1S/C25H23N3O3S/c1-15-8-7-9-16(2)22(15)28(25-26-19-12-5-6-13-20(19)32-25)21(29)14-27-23(30)17-10-3-4-11-18(17)24(27)31/h3-9,12-13,17-18H,10-11,14H2,1-2H3. The van der Waals surface area contributed by atoms with Crippen LogP contribution in [-0.4, -0.2) is 34.2 Å². The van der Waals surface area contributed by atoms with E-state index in [-0.39, 0.29) is 36.1 Å². The minimum atomic E-state index is -0.351. The van der Waals surface area contributed by atoms with Crippen molar-refractivity contribution in [2.45, 2.75) is 26.7 Å². The molecular weight excluding hydrogens is 422 g/mol. The van der Waals surface area contributed by atoms with Crippen LogP contribution in [0.5, 0.6) is 0 Å². The number of carbonyl (C=O) groups is 3. The third kappa shape index (κ3) is 3.33. The van der Waals surface area contributed by atoms with Crippen LogP contribution in [-0.2, 0) is 14.4 Å². The highest BCUT2D eigenvalue weighted by atomic mass is 32.1. The van der Waals surface area contributed by atoms with Gasteiger partial charge in [-0.2, -0.15) is 0 Å². The summed E-state index contributed by atoms with van der Waals surface area (Å²) in [7, 11) is 0. The summed E-state index contributed by atoms with van der Waals surface area (Å²) in [5.41, 5.74) is 3.40. The molecule has 6 nitrogen and oxygen atoms in total. The number of fused-ring (bicyclic) bond motifs is 2. The minimum absolute atomic E-state index is 0.247. The molecule has 0 bridgehead atoms. The molecule has 2 unspecified atom stereocenters. The maximum Gasteiger partial charge on any atom is 0.253 e. The van der Waals surface area contributed by atoms with Gasteiger partial charge in [-0.05, 0) is 49.9 Å². The van der Waals surface area contributed by atoms with E-state index in [1.54, 1.807) is 4.90 Å². The highest BCUT2D eigenvalue weighted by molar-refractivity contribution is 7.22. The molecule has 0 radical (unpaired) electrons. The zero-order valence-corrected chi connectivity index (χ0v) is 18.8. The van der Waals surface area contributed by atoms with Gasteiger partial charge in [0.1, 0.15) is 6.54 Å². The van der Waals surface area contributed by atoms with Crippen LogP contribution in [0, 0.1) is 25.7 Å². The fourth-order valence-corrected chi connectivity index (χ4v) is 5.66. The van der Waals surface area contributed by atoms with Gasteiger partial charge in [-0.1, -0.05) is 53.8 Å². The van der Waals surface area contributed by atoms with Gasteiger partial charge in [-0.3, -0.25) is 24.2 Å². The summed E-state index contributed by atoms with van der Waals surface area (Å²) in [6.45, 7) is 3.61. The summed E-state index contributed by atoms with van der Waals surface area (Å²) in [6.07, 6.45) is 5.00. The number of aromatic nitrogens is 1. The van der Waals surface area contributed by atoms with Crippen molar-refractivity contribution < 1.29 is 14.4 Å². The first kappa shape index (κ1) is 20.6. The summed E-state index contributed by atoms with van der Waals surface area (Å²) in [6, 6.07) is 13.6. The Morgan fingerprint density at radius 3 is 2.25 bits per heavy atom. The third-order valence-corrected chi connectivity index (χ3v) is 7.30. The molecule has 2 aromatic carbocycles. The number of aryl methyl sites for hydroxylation is 2. The van der Waals surface area contributed by atoms with Crippen LogP contribution >= 0.6 is 11.3 Å². The maximum absolute atomic E-state index is 13.7. The molecule has 7 heteroatoms. The second kappa shape index (κ2) is 7.98. The molecule has 1 aromatic heterocycles. The lowest BCUT2D eigenvalue weighted by Crippen LogP contribution is -2.42. The van der Waals surface area contributed by atoms with Crippen molar-refractivity contribution in [3.8, 4) is 0 Å². The first-order chi connectivity index (χ1) is 15.5. The minimum Gasteiger partial charge on any atom is -0.274 e. The SMILES string of the molecule is Cc1cccc(C)c1N(C(=O)CN1C(=O)C2CC=CCC2C1=O)c1nc2ccccc2s1. The third-order valence-electron chi connectivity index (χ3n) is 6.28. The lowest BCUT2D eigenvalue weighted by Gasteiger charge is -2.26. The summed E-state index contributed by atoms with van der Waals surface area (Å²) in [5, 5.41) is 0.534. The lowest BCUT2D eigenvalue weighted by molar-refractivity contribution is -0.143. The molecule has 0 N–H and O–H groups in total. The van der Waals surface area contributed by atoms with E-state index in [1.807, 2.05) is 68.5 Å². The van der Waals surface area contributed by atoms with Gasteiger partial charge in [0, 0.05) is 0 Å². The summed E-state index contributed by atoms with van der Waals surface area (Å²) >= 11 is 1.42. The maximum atomic E-state index is 13.7. The van der Waals surface area contributed by atoms with E-state index in [2.05, 4.69) is 0 Å². The van der Waals surface area contributed by atoms with Gasteiger partial charge in [0.25, 0.3) is 5.91 Å². The Morgan fingerprint density at radius 2 is 1.62 bits per heavy atom. The quantitative estimate of drug-likeness (QED) is 0.437. The van der Waals surface area contributed by atoms with Gasteiger partial charge in [0.15, 0.2) is 5.13 Å². The predicted molar refractivity (Wildman–Crippen MR) is 125 cm³/mol. The van der Waals surface area contributed by atoms with Crippen LogP contribution in [0.4, 0.5) is 10.8 Å². The molecule has 3 amide bonds.